The molecule has 3 rings (SSSR count). The summed E-state index contributed by atoms with van der Waals surface area (Å²) in [4.78, 5) is 13.8. The van der Waals surface area contributed by atoms with E-state index in [1.165, 1.54) is 9.87 Å². The van der Waals surface area contributed by atoms with Crippen LogP contribution in [0.5, 0.6) is 5.75 Å². The Bertz CT molecular complexity index is 999. The Balaban J connectivity index is 1.45. The molecule has 168 valence electrons. The number of thioether (sulfide) groups is 1. The molecule has 1 saturated heterocycles. The molecule has 0 unspecified atom stereocenters. The van der Waals surface area contributed by atoms with E-state index in [1.54, 1.807) is 23.9 Å². The zero-order valence-electron chi connectivity index (χ0n) is 18.3. The number of carbonyl (C=O) groups excluding carboxylic acids is 1. The minimum atomic E-state index is -3.52. The minimum absolute atomic E-state index is 0.0362. The zero-order chi connectivity index (χ0) is 22.4. The lowest BCUT2D eigenvalue weighted by molar-refractivity contribution is -0.126. The number of piperidine rings is 1. The van der Waals surface area contributed by atoms with E-state index in [9.17, 15) is 13.2 Å². The summed E-state index contributed by atoms with van der Waals surface area (Å²) >= 11 is 1.57. The SMILES string of the molecule is CSc1ccc(S(=O)(=O)N2CCC(C(=O)NCCOc3cccc(C)c3C)CC2)cc1. The van der Waals surface area contributed by atoms with Gasteiger partial charge >= 0.3 is 0 Å². The largest absolute Gasteiger partial charge is 0.491 e. The van der Waals surface area contributed by atoms with Crippen LogP contribution in [0.1, 0.15) is 24.0 Å². The highest BCUT2D eigenvalue weighted by Gasteiger charge is 2.31. The molecule has 0 saturated carbocycles. The number of nitrogens with one attached hydrogen (secondary N) is 1. The number of nitrogens with zero attached hydrogens (tertiary/aromatic N) is 1. The van der Waals surface area contributed by atoms with Crippen LogP contribution in [0.3, 0.4) is 0 Å². The molecular weight excluding hydrogens is 432 g/mol. The topological polar surface area (TPSA) is 75.7 Å². The van der Waals surface area contributed by atoms with Crippen LogP contribution in [0.4, 0.5) is 0 Å². The highest BCUT2D eigenvalue weighted by atomic mass is 32.2. The van der Waals surface area contributed by atoms with Crippen LogP contribution in [0, 0.1) is 19.8 Å². The Morgan fingerprint density at radius 3 is 2.45 bits per heavy atom. The fraction of sp³-hybridized carbons (Fsp3) is 0.435. The van der Waals surface area contributed by atoms with Gasteiger partial charge in [0.2, 0.25) is 15.9 Å². The van der Waals surface area contributed by atoms with Gasteiger partial charge in [-0.05, 0) is 74.4 Å². The van der Waals surface area contributed by atoms with Gasteiger partial charge in [-0.3, -0.25) is 4.79 Å². The van der Waals surface area contributed by atoms with E-state index in [0.29, 0.717) is 44.0 Å². The Morgan fingerprint density at radius 1 is 1.13 bits per heavy atom. The van der Waals surface area contributed by atoms with E-state index < -0.39 is 10.0 Å². The van der Waals surface area contributed by atoms with Crippen molar-refractivity contribution in [1.29, 1.82) is 0 Å². The van der Waals surface area contributed by atoms with Gasteiger partial charge in [-0.2, -0.15) is 4.31 Å². The standard InChI is InChI=1S/C23H30N2O4S2/c1-17-5-4-6-22(18(17)2)29-16-13-24-23(26)19-11-14-25(15-12-19)31(27,28)21-9-7-20(30-3)8-10-21/h4-10,19H,11-16H2,1-3H3,(H,24,26). The lowest BCUT2D eigenvalue weighted by atomic mass is 9.97. The highest BCUT2D eigenvalue weighted by Crippen LogP contribution is 2.25. The quantitative estimate of drug-likeness (QED) is 0.479. The van der Waals surface area contributed by atoms with Gasteiger partial charge in [0.05, 0.1) is 11.4 Å². The molecule has 1 heterocycles. The van der Waals surface area contributed by atoms with Crippen LogP contribution in [0.25, 0.3) is 0 Å². The van der Waals surface area contributed by atoms with Crippen molar-refractivity contribution in [2.24, 2.45) is 5.92 Å². The van der Waals surface area contributed by atoms with Gasteiger partial charge < -0.3 is 10.1 Å². The number of aryl methyl sites for hydroxylation is 1. The number of hydrogen-bond donors (Lipinski definition) is 1. The third-order valence-electron chi connectivity index (χ3n) is 5.74. The van der Waals surface area contributed by atoms with E-state index >= 15 is 0 Å². The van der Waals surface area contributed by atoms with Crippen LogP contribution < -0.4 is 10.1 Å². The molecule has 1 amide bonds. The van der Waals surface area contributed by atoms with Crippen molar-refractivity contribution < 1.29 is 17.9 Å². The predicted octanol–water partition coefficient (Wildman–Crippen LogP) is 3.62. The summed E-state index contributed by atoms with van der Waals surface area (Å²) < 4.78 is 33.0. The first kappa shape index (κ1) is 23.6. The maximum atomic E-state index is 12.9. The molecule has 2 aromatic rings. The first-order chi connectivity index (χ1) is 14.8. The second-order valence-electron chi connectivity index (χ2n) is 7.69. The van der Waals surface area contributed by atoms with Crippen LogP contribution in [-0.2, 0) is 14.8 Å². The smallest absolute Gasteiger partial charge is 0.243 e. The van der Waals surface area contributed by atoms with Crippen LogP contribution in [0.2, 0.25) is 0 Å². The molecule has 31 heavy (non-hydrogen) atoms. The van der Waals surface area contributed by atoms with Gasteiger partial charge in [-0.25, -0.2) is 8.42 Å². The van der Waals surface area contributed by atoms with Crippen LogP contribution in [-0.4, -0.2) is 51.1 Å². The average molecular weight is 463 g/mol. The normalized spacial score (nSPS) is 15.6. The highest BCUT2D eigenvalue weighted by molar-refractivity contribution is 7.98. The summed E-state index contributed by atoms with van der Waals surface area (Å²) in [6.07, 6.45) is 2.99. The number of ether oxygens (including phenoxy) is 1. The minimum Gasteiger partial charge on any atom is -0.491 e. The maximum absolute atomic E-state index is 12.9. The third kappa shape index (κ3) is 5.81. The molecule has 0 atom stereocenters. The van der Waals surface area contributed by atoms with E-state index in [4.69, 9.17) is 4.74 Å². The lowest BCUT2D eigenvalue weighted by Gasteiger charge is -2.30. The van der Waals surface area contributed by atoms with Crippen molar-refractivity contribution in [2.45, 2.75) is 36.5 Å². The number of hydrogen-bond acceptors (Lipinski definition) is 5. The van der Waals surface area contributed by atoms with Gasteiger partial charge in [0.1, 0.15) is 12.4 Å². The predicted molar refractivity (Wildman–Crippen MR) is 124 cm³/mol. The second-order valence-corrected chi connectivity index (χ2v) is 10.5. The summed E-state index contributed by atoms with van der Waals surface area (Å²) in [7, 11) is -3.52. The van der Waals surface area contributed by atoms with Gasteiger partial charge in [0, 0.05) is 23.9 Å². The van der Waals surface area contributed by atoms with Gasteiger partial charge in [-0.1, -0.05) is 12.1 Å². The number of benzene rings is 2. The van der Waals surface area contributed by atoms with Gasteiger partial charge in [0.15, 0.2) is 0 Å². The maximum Gasteiger partial charge on any atom is 0.243 e. The van der Waals surface area contributed by atoms with Crippen molar-refractivity contribution in [2.75, 3.05) is 32.5 Å². The van der Waals surface area contributed by atoms with Crippen molar-refractivity contribution in [3.8, 4) is 5.75 Å². The second kappa shape index (κ2) is 10.5. The fourth-order valence-electron chi connectivity index (χ4n) is 3.62. The number of amides is 1. The average Bonchev–Trinajstić information content (AvgIpc) is 2.79. The van der Waals surface area contributed by atoms with Crippen molar-refractivity contribution >= 4 is 27.7 Å². The fourth-order valence-corrected chi connectivity index (χ4v) is 5.49. The molecule has 0 spiro atoms. The first-order valence-electron chi connectivity index (χ1n) is 10.4. The summed E-state index contributed by atoms with van der Waals surface area (Å²) in [6, 6.07) is 12.8. The third-order valence-corrected chi connectivity index (χ3v) is 8.39. The number of carbonyl (C=O) groups is 1. The summed E-state index contributed by atoms with van der Waals surface area (Å²) in [6.45, 7) is 5.58. The Labute approximate surface area is 189 Å². The van der Waals surface area contributed by atoms with Crippen molar-refractivity contribution in [3.63, 3.8) is 0 Å². The van der Waals surface area contributed by atoms with Crippen molar-refractivity contribution in [1.82, 2.24) is 9.62 Å². The molecule has 0 aromatic heterocycles. The summed E-state index contributed by atoms with van der Waals surface area (Å²) in [5.74, 6) is 0.621. The molecular formula is C23H30N2O4S2. The first-order valence-corrected chi connectivity index (χ1v) is 13.1. The lowest BCUT2D eigenvalue weighted by Crippen LogP contribution is -2.43. The van der Waals surface area contributed by atoms with Gasteiger partial charge in [-0.15, -0.1) is 11.8 Å². The molecule has 6 nitrogen and oxygen atoms in total. The molecule has 1 N–H and O–H groups in total. The van der Waals surface area contributed by atoms with Crippen molar-refractivity contribution in [3.05, 3.63) is 53.6 Å². The molecule has 0 bridgehead atoms. The molecule has 2 aromatic carbocycles. The molecule has 1 aliphatic rings. The van der Waals surface area contributed by atoms with E-state index in [0.717, 1.165) is 16.2 Å². The van der Waals surface area contributed by atoms with E-state index in [-0.39, 0.29) is 11.8 Å². The van der Waals surface area contributed by atoms with E-state index in [1.807, 2.05) is 50.4 Å². The molecule has 1 fully saturated rings. The monoisotopic (exact) mass is 462 g/mol. The van der Waals surface area contributed by atoms with E-state index in [2.05, 4.69) is 5.32 Å². The van der Waals surface area contributed by atoms with Gasteiger partial charge in [0.25, 0.3) is 0 Å². The Hall–Kier alpha value is -2.03. The molecule has 0 radical (unpaired) electrons. The zero-order valence-corrected chi connectivity index (χ0v) is 19.9. The molecule has 8 heteroatoms. The van der Waals surface area contributed by atoms with Crippen LogP contribution >= 0.6 is 11.8 Å². The summed E-state index contributed by atoms with van der Waals surface area (Å²) in [5, 5.41) is 2.92. The molecule has 0 aliphatic carbocycles. The Kier molecular flexibility index (Phi) is 8.02. The van der Waals surface area contributed by atoms with Crippen LogP contribution in [0.15, 0.2) is 52.3 Å². The Morgan fingerprint density at radius 2 is 1.81 bits per heavy atom. The number of sulfonamides is 1. The summed E-state index contributed by atoms with van der Waals surface area (Å²) in [5.41, 5.74) is 2.27. The number of rotatable bonds is 8. The molecule has 1 aliphatic heterocycles.